The van der Waals surface area contributed by atoms with Crippen LogP contribution in [-0.2, 0) is 0 Å². The molecule has 0 aliphatic heterocycles. The van der Waals surface area contributed by atoms with Crippen LogP contribution >= 0.6 is 12.4 Å². The van der Waals surface area contributed by atoms with Crippen molar-refractivity contribution in [3.05, 3.63) is 29.8 Å². The van der Waals surface area contributed by atoms with Gasteiger partial charge in [-0.25, -0.2) is 0 Å². The van der Waals surface area contributed by atoms with Crippen molar-refractivity contribution in [2.24, 2.45) is 0 Å². The predicted molar refractivity (Wildman–Crippen MR) is 84.9 cm³/mol. The molecule has 4 nitrogen and oxygen atoms in total. The Balaban J connectivity index is 0.00000361. The van der Waals surface area contributed by atoms with Crippen LogP contribution in [-0.4, -0.2) is 32.1 Å². The van der Waals surface area contributed by atoms with Gasteiger partial charge in [-0.1, -0.05) is 6.92 Å². The Morgan fingerprint density at radius 1 is 1.25 bits per heavy atom. The van der Waals surface area contributed by atoms with Crippen molar-refractivity contribution in [2.45, 2.75) is 32.8 Å². The molecule has 0 radical (unpaired) electrons. The summed E-state index contributed by atoms with van der Waals surface area (Å²) in [6.07, 6.45) is 2.09. The minimum atomic E-state index is -0.0359. The van der Waals surface area contributed by atoms with E-state index >= 15 is 0 Å². The largest absolute Gasteiger partial charge is 0.491 e. The monoisotopic (exact) mass is 300 g/mol. The van der Waals surface area contributed by atoms with Gasteiger partial charge in [-0.2, -0.15) is 0 Å². The normalized spacial score (nSPS) is 11.3. The molecule has 2 N–H and O–H groups in total. The SMILES string of the molecule is CCC(C)Oc1ccc(C(=O)NCCCNC)cc1.Cl. The molecule has 0 aliphatic carbocycles. The summed E-state index contributed by atoms with van der Waals surface area (Å²) in [5, 5.41) is 5.93. The summed E-state index contributed by atoms with van der Waals surface area (Å²) in [5.74, 6) is 0.771. The molecule has 0 saturated heterocycles. The highest BCUT2D eigenvalue weighted by molar-refractivity contribution is 5.94. The number of carbonyl (C=O) groups is 1. The molecule has 1 aromatic rings. The first kappa shape index (κ1) is 18.7. The van der Waals surface area contributed by atoms with Crippen LogP contribution in [0.15, 0.2) is 24.3 Å². The summed E-state index contributed by atoms with van der Waals surface area (Å²) in [4.78, 5) is 11.8. The van der Waals surface area contributed by atoms with E-state index in [-0.39, 0.29) is 24.4 Å². The van der Waals surface area contributed by atoms with E-state index in [1.807, 2.05) is 26.1 Å². The van der Waals surface area contributed by atoms with Gasteiger partial charge in [0.1, 0.15) is 5.75 Å². The van der Waals surface area contributed by atoms with Crippen molar-refractivity contribution in [1.29, 1.82) is 0 Å². The summed E-state index contributed by atoms with van der Waals surface area (Å²) in [5.41, 5.74) is 0.668. The van der Waals surface area contributed by atoms with Gasteiger partial charge in [-0.15, -0.1) is 12.4 Å². The van der Waals surface area contributed by atoms with Crippen molar-refractivity contribution < 1.29 is 9.53 Å². The first-order valence-corrected chi connectivity index (χ1v) is 6.87. The van der Waals surface area contributed by atoms with Crippen LogP contribution in [0.3, 0.4) is 0 Å². The van der Waals surface area contributed by atoms with Crippen molar-refractivity contribution in [2.75, 3.05) is 20.1 Å². The van der Waals surface area contributed by atoms with E-state index < -0.39 is 0 Å². The number of rotatable bonds is 8. The molecule has 0 aromatic heterocycles. The maximum Gasteiger partial charge on any atom is 0.251 e. The second-order valence-electron chi connectivity index (χ2n) is 4.57. The van der Waals surface area contributed by atoms with Crippen molar-refractivity contribution in [1.82, 2.24) is 10.6 Å². The number of nitrogens with one attached hydrogen (secondary N) is 2. The Labute approximate surface area is 127 Å². The van der Waals surface area contributed by atoms with Gasteiger partial charge in [-0.3, -0.25) is 4.79 Å². The molecular weight excluding hydrogens is 276 g/mol. The topological polar surface area (TPSA) is 50.4 Å². The van der Waals surface area contributed by atoms with Crippen LogP contribution in [0.1, 0.15) is 37.0 Å². The highest BCUT2D eigenvalue weighted by Crippen LogP contribution is 2.14. The third kappa shape index (κ3) is 6.78. The molecule has 1 amide bonds. The Morgan fingerprint density at radius 2 is 1.90 bits per heavy atom. The van der Waals surface area contributed by atoms with Crippen LogP contribution in [0, 0.1) is 0 Å². The van der Waals surface area contributed by atoms with Crippen molar-refractivity contribution >= 4 is 18.3 Å². The number of benzene rings is 1. The summed E-state index contributed by atoms with van der Waals surface area (Å²) in [6, 6.07) is 7.28. The maximum absolute atomic E-state index is 11.8. The average Bonchev–Trinajstić information content (AvgIpc) is 2.44. The number of halogens is 1. The van der Waals surface area contributed by atoms with E-state index in [1.165, 1.54) is 0 Å². The summed E-state index contributed by atoms with van der Waals surface area (Å²) < 4.78 is 5.67. The van der Waals surface area contributed by atoms with E-state index in [0.29, 0.717) is 12.1 Å². The lowest BCUT2D eigenvalue weighted by Crippen LogP contribution is -2.26. The van der Waals surface area contributed by atoms with Gasteiger partial charge in [0.15, 0.2) is 0 Å². The highest BCUT2D eigenvalue weighted by Gasteiger charge is 2.06. The third-order valence-corrected chi connectivity index (χ3v) is 2.92. The first-order valence-electron chi connectivity index (χ1n) is 6.87. The fraction of sp³-hybridized carbons (Fsp3) is 0.533. The molecular formula is C15H25ClN2O2. The van der Waals surface area contributed by atoms with Gasteiger partial charge >= 0.3 is 0 Å². The molecule has 1 atom stereocenters. The molecule has 1 rings (SSSR count). The molecule has 5 heteroatoms. The zero-order valence-corrected chi connectivity index (χ0v) is 13.3. The fourth-order valence-electron chi connectivity index (χ4n) is 1.57. The number of carbonyl (C=O) groups excluding carboxylic acids is 1. The maximum atomic E-state index is 11.8. The van der Waals surface area contributed by atoms with Crippen LogP contribution in [0.2, 0.25) is 0 Å². The number of ether oxygens (including phenoxy) is 1. The molecule has 114 valence electrons. The second kappa shape index (κ2) is 10.5. The van der Waals surface area contributed by atoms with E-state index in [9.17, 15) is 4.79 Å². The molecule has 0 saturated carbocycles. The lowest BCUT2D eigenvalue weighted by Gasteiger charge is -2.12. The third-order valence-electron chi connectivity index (χ3n) is 2.92. The molecule has 0 aliphatic rings. The Kier molecular flexibility index (Phi) is 9.86. The zero-order chi connectivity index (χ0) is 14.1. The standard InChI is InChI=1S/C15H24N2O2.ClH/c1-4-12(2)19-14-8-6-13(7-9-14)15(18)17-11-5-10-16-3;/h6-9,12,16H,4-5,10-11H2,1-3H3,(H,17,18);1H. The fourth-order valence-corrected chi connectivity index (χ4v) is 1.57. The predicted octanol–water partition coefficient (Wildman–Crippen LogP) is 2.63. The quantitative estimate of drug-likeness (QED) is 0.726. The minimum absolute atomic E-state index is 0. The Bertz CT molecular complexity index is 382. The molecule has 0 spiro atoms. The Morgan fingerprint density at radius 3 is 2.45 bits per heavy atom. The molecule has 1 unspecified atom stereocenters. The van der Waals surface area contributed by atoms with Crippen LogP contribution in [0.5, 0.6) is 5.75 Å². The summed E-state index contributed by atoms with van der Waals surface area (Å²) in [6.45, 7) is 5.70. The number of amides is 1. The molecule has 0 bridgehead atoms. The van der Waals surface area contributed by atoms with E-state index in [4.69, 9.17) is 4.74 Å². The molecule has 0 fully saturated rings. The summed E-state index contributed by atoms with van der Waals surface area (Å²) >= 11 is 0. The lowest BCUT2D eigenvalue weighted by atomic mass is 10.2. The van der Waals surface area contributed by atoms with Gasteiger partial charge in [0.25, 0.3) is 5.91 Å². The van der Waals surface area contributed by atoms with Gasteiger partial charge < -0.3 is 15.4 Å². The van der Waals surface area contributed by atoms with E-state index in [2.05, 4.69) is 17.6 Å². The Hall–Kier alpha value is -1.26. The number of hydrogen-bond donors (Lipinski definition) is 2. The van der Waals surface area contributed by atoms with Crippen LogP contribution in [0.25, 0.3) is 0 Å². The molecule has 0 heterocycles. The highest BCUT2D eigenvalue weighted by atomic mass is 35.5. The number of hydrogen-bond acceptors (Lipinski definition) is 3. The van der Waals surface area contributed by atoms with Crippen LogP contribution < -0.4 is 15.4 Å². The van der Waals surface area contributed by atoms with E-state index in [1.54, 1.807) is 12.1 Å². The summed E-state index contributed by atoms with van der Waals surface area (Å²) in [7, 11) is 1.90. The molecule has 20 heavy (non-hydrogen) atoms. The average molecular weight is 301 g/mol. The minimum Gasteiger partial charge on any atom is -0.491 e. The second-order valence-corrected chi connectivity index (χ2v) is 4.57. The first-order chi connectivity index (χ1) is 9.17. The zero-order valence-electron chi connectivity index (χ0n) is 12.4. The lowest BCUT2D eigenvalue weighted by molar-refractivity contribution is 0.0953. The van der Waals surface area contributed by atoms with Gasteiger partial charge in [-0.05, 0) is 57.6 Å². The van der Waals surface area contributed by atoms with Gasteiger partial charge in [0.2, 0.25) is 0 Å². The molecule has 1 aromatic carbocycles. The smallest absolute Gasteiger partial charge is 0.251 e. The van der Waals surface area contributed by atoms with Gasteiger partial charge in [0.05, 0.1) is 6.10 Å². The van der Waals surface area contributed by atoms with Gasteiger partial charge in [0, 0.05) is 12.1 Å². The van der Waals surface area contributed by atoms with E-state index in [0.717, 1.165) is 25.1 Å². The van der Waals surface area contributed by atoms with Crippen LogP contribution in [0.4, 0.5) is 0 Å². The van der Waals surface area contributed by atoms with Crippen molar-refractivity contribution in [3.63, 3.8) is 0 Å². The van der Waals surface area contributed by atoms with Crippen molar-refractivity contribution in [3.8, 4) is 5.75 Å².